The Bertz CT molecular complexity index is 1400. The summed E-state index contributed by atoms with van der Waals surface area (Å²) in [5.74, 6) is 0.641. The van der Waals surface area contributed by atoms with Crippen LogP contribution in [0.25, 0.3) is 11.5 Å². The molecule has 0 aliphatic carbocycles. The first-order valence-electron chi connectivity index (χ1n) is 12.1. The molecular weight excluding hydrogens is 484 g/mol. The number of carboxylic acid groups (broad SMARTS) is 1. The summed E-state index contributed by atoms with van der Waals surface area (Å²) in [7, 11) is 0. The number of allylic oxidation sites excluding steroid dienone is 2. The maximum absolute atomic E-state index is 12.3. The number of carboxylic acids is 1. The number of carbonyl (C=O) groups excluding carboxylic acids is 1. The maximum atomic E-state index is 12.3. The third-order valence-electron chi connectivity index (χ3n) is 5.75. The van der Waals surface area contributed by atoms with Crippen LogP contribution in [0, 0.1) is 6.92 Å². The van der Waals surface area contributed by atoms with Crippen LogP contribution in [-0.2, 0) is 17.6 Å². The van der Waals surface area contributed by atoms with Gasteiger partial charge in [0.05, 0.1) is 18.5 Å². The van der Waals surface area contributed by atoms with Crippen LogP contribution in [-0.4, -0.2) is 44.5 Å². The van der Waals surface area contributed by atoms with Gasteiger partial charge >= 0.3 is 5.97 Å². The van der Waals surface area contributed by atoms with Crippen molar-refractivity contribution in [2.75, 3.05) is 6.61 Å². The summed E-state index contributed by atoms with van der Waals surface area (Å²) in [5.41, 5.74) is 3.19. The third kappa shape index (κ3) is 7.13. The van der Waals surface area contributed by atoms with E-state index in [4.69, 9.17) is 9.15 Å². The van der Waals surface area contributed by atoms with Gasteiger partial charge in [-0.2, -0.15) is 0 Å². The summed E-state index contributed by atoms with van der Waals surface area (Å²) in [6.07, 6.45) is 6.39. The second-order valence-corrected chi connectivity index (χ2v) is 8.65. The Morgan fingerprint density at radius 1 is 1.11 bits per heavy atom. The number of aryl methyl sites for hydroxylation is 1. The Kier molecular flexibility index (Phi) is 8.61. The minimum atomic E-state index is -1.03. The lowest BCUT2D eigenvalue weighted by molar-refractivity contribution is -0.139. The summed E-state index contributed by atoms with van der Waals surface area (Å²) in [4.78, 5) is 36.5. The highest BCUT2D eigenvalue weighted by molar-refractivity contribution is 6.03. The lowest BCUT2D eigenvalue weighted by Gasteiger charge is -2.16. The number of nitrogens with zero attached hydrogens (tertiary/aromatic N) is 3. The maximum Gasteiger partial charge on any atom is 0.326 e. The molecule has 0 aliphatic rings. The standard InChI is InChI=1S/C29H28N4O5/c1-19(16-27(34)26-18-30-13-14-31-26)32-25(29(35)36)17-21-8-10-23(11-9-21)37-15-12-24-20(2)38-28(33-24)22-6-4-3-5-7-22/h3-11,13-14,16,18,25,32H,12,15,17H2,1-2H3,(H,35,36)/b19-16-/t25-/m0/s1. The number of ketones is 1. The molecule has 0 saturated carbocycles. The summed E-state index contributed by atoms with van der Waals surface area (Å²) in [5, 5.41) is 12.6. The fraction of sp³-hybridized carbons (Fsp3) is 0.207. The van der Waals surface area contributed by atoms with Crippen molar-refractivity contribution in [1.82, 2.24) is 20.3 Å². The molecule has 0 amide bonds. The molecule has 0 aliphatic heterocycles. The van der Waals surface area contributed by atoms with Gasteiger partial charge < -0.3 is 19.6 Å². The van der Waals surface area contributed by atoms with Gasteiger partial charge in [-0.1, -0.05) is 30.3 Å². The molecule has 0 saturated heterocycles. The summed E-state index contributed by atoms with van der Waals surface area (Å²) in [6, 6.07) is 16.1. The van der Waals surface area contributed by atoms with Crippen LogP contribution < -0.4 is 10.1 Å². The number of carbonyl (C=O) groups is 2. The van der Waals surface area contributed by atoms with Crippen LogP contribution >= 0.6 is 0 Å². The lowest BCUT2D eigenvalue weighted by atomic mass is 10.1. The van der Waals surface area contributed by atoms with Crippen LogP contribution in [0.1, 0.15) is 34.4 Å². The first-order valence-corrected chi connectivity index (χ1v) is 12.1. The van der Waals surface area contributed by atoms with Crippen LogP contribution in [0.2, 0.25) is 0 Å². The monoisotopic (exact) mass is 512 g/mol. The van der Waals surface area contributed by atoms with Gasteiger partial charge in [-0.25, -0.2) is 14.8 Å². The Morgan fingerprint density at radius 3 is 2.55 bits per heavy atom. The van der Waals surface area contributed by atoms with Gasteiger partial charge in [-0.05, 0) is 43.7 Å². The molecule has 194 valence electrons. The number of benzene rings is 2. The predicted octanol–water partition coefficient (Wildman–Crippen LogP) is 4.43. The molecule has 0 spiro atoms. The van der Waals surface area contributed by atoms with Crippen LogP contribution in [0.4, 0.5) is 0 Å². The van der Waals surface area contributed by atoms with Crippen molar-refractivity contribution < 1.29 is 23.8 Å². The van der Waals surface area contributed by atoms with E-state index >= 15 is 0 Å². The second kappa shape index (κ2) is 12.4. The molecule has 4 rings (SSSR count). The quantitative estimate of drug-likeness (QED) is 0.209. The van der Waals surface area contributed by atoms with E-state index in [1.807, 2.05) is 49.4 Å². The minimum Gasteiger partial charge on any atom is -0.493 e. The van der Waals surface area contributed by atoms with E-state index in [1.165, 1.54) is 24.7 Å². The predicted molar refractivity (Wildman–Crippen MR) is 141 cm³/mol. The topological polar surface area (TPSA) is 127 Å². The fourth-order valence-corrected chi connectivity index (χ4v) is 3.80. The van der Waals surface area contributed by atoms with Gasteiger partial charge in [-0.15, -0.1) is 0 Å². The molecule has 38 heavy (non-hydrogen) atoms. The highest BCUT2D eigenvalue weighted by atomic mass is 16.5. The Balaban J connectivity index is 1.30. The first kappa shape index (κ1) is 26.3. The molecule has 4 aromatic rings. The molecular formula is C29H28N4O5. The third-order valence-corrected chi connectivity index (χ3v) is 5.75. The van der Waals surface area contributed by atoms with Crippen LogP contribution in [0.5, 0.6) is 5.75 Å². The number of aromatic nitrogens is 3. The largest absolute Gasteiger partial charge is 0.493 e. The normalized spacial score (nSPS) is 12.1. The van der Waals surface area contributed by atoms with Crippen molar-refractivity contribution in [3.8, 4) is 17.2 Å². The van der Waals surface area contributed by atoms with E-state index in [1.54, 1.807) is 19.1 Å². The van der Waals surface area contributed by atoms with Gasteiger partial charge in [-0.3, -0.25) is 9.78 Å². The zero-order chi connectivity index (χ0) is 26.9. The van der Waals surface area contributed by atoms with E-state index in [9.17, 15) is 14.7 Å². The average molecular weight is 513 g/mol. The van der Waals surface area contributed by atoms with E-state index in [2.05, 4.69) is 20.3 Å². The molecule has 0 fully saturated rings. The number of hydrogen-bond donors (Lipinski definition) is 2. The molecule has 9 heteroatoms. The van der Waals surface area contributed by atoms with Crippen molar-refractivity contribution in [2.24, 2.45) is 0 Å². The molecule has 2 heterocycles. The van der Waals surface area contributed by atoms with Gasteiger partial charge in [0.2, 0.25) is 11.7 Å². The average Bonchev–Trinajstić information content (AvgIpc) is 3.30. The summed E-state index contributed by atoms with van der Waals surface area (Å²) in [6.45, 7) is 3.95. The molecule has 2 aromatic carbocycles. The lowest BCUT2D eigenvalue weighted by Crippen LogP contribution is -2.37. The highest BCUT2D eigenvalue weighted by Gasteiger charge is 2.18. The van der Waals surface area contributed by atoms with Gasteiger partial charge in [0.1, 0.15) is 23.2 Å². The zero-order valence-corrected chi connectivity index (χ0v) is 21.1. The molecule has 2 N–H and O–H groups in total. The molecule has 2 aromatic heterocycles. The van der Waals surface area contributed by atoms with E-state index in [0.29, 0.717) is 30.4 Å². The number of hydrogen-bond acceptors (Lipinski definition) is 8. The van der Waals surface area contributed by atoms with E-state index in [0.717, 1.165) is 22.6 Å². The minimum absolute atomic E-state index is 0.187. The van der Waals surface area contributed by atoms with E-state index < -0.39 is 12.0 Å². The van der Waals surface area contributed by atoms with E-state index in [-0.39, 0.29) is 17.9 Å². The highest BCUT2D eigenvalue weighted by Crippen LogP contribution is 2.22. The second-order valence-electron chi connectivity index (χ2n) is 8.65. The first-order chi connectivity index (χ1) is 18.4. The number of aliphatic carboxylic acids is 1. The molecule has 1 atom stereocenters. The van der Waals surface area contributed by atoms with Gasteiger partial charge in [0.15, 0.2) is 0 Å². The molecule has 0 radical (unpaired) electrons. The number of oxazole rings is 1. The van der Waals surface area contributed by atoms with Gasteiger partial charge in [0, 0.05) is 42.6 Å². The van der Waals surface area contributed by atoms with Crippen molar-refractivity contribution in [1.29, 1.82) is 0 Å². The van der Waals surface area contributed by atoms with Crippen molar-refractivity contribution in [3.63, 3.8) is 0 Å². The number of nitrogens with one attached hydrogen (secondary N) is 1. The summed E-state index contributed by atoms with van der Waals surface area (Å²) < 4.78 is 11.7. The summed E-state index contributed by atoms with van der Waals surface area (Å²) >= 11 is 0. The molecule has 0 bridgehead atoms. The number of rotatable bonds is 12. The van der Waals surface area contributed by atoms with Gasteiger partial charge in [0.25, 0.3) is 0 Å². The fourth-order valence-electron chi connectivity index (χ4n) is 3.80. The molecule has 9 nitrogen and oxygen atoms in total. The smallest absolute Gasteiger partial charge is 0.326 e. The van der Waals surface area contributed by atoms with Crippen molar-refractivity contribution in [2.45, 2.75) is 32.7 Å². The molecule has 0 unspecified atom stereocenters. The SMILES string of the molecule is C/C(=C/C(=O)c1cnccn1)N[C@@H](Cc1ccc(OCCc2nc(-c3ccccc3)oc2C)cc1)C(=O)O. The van der Waals surface area contributed by atoms with Crippen LogP contribution in [0.15, 0.2) is 89.4 Å². The Labute approximate surface area is 220 Å². The zero-order valence-electron chi connectivity index (χ0n) is 21.1. The number of ether oxygens (including phenoxy) is 1. The Morgan fingerprint density at radius 2 is 1.87 bits per heavy atom. The Hall–Kier alpha value is -4.79. The van der Waals surface area contributed by atoms with Crippen LogP contribution in [0.3, 0.4) is 0 Å². The van der Waals surface area contributed by atoms with Crippen molar-refractivity contribution in [3.05, 3.63) is 108 Å². The van der Waals surface area contributed by atoms with Crippen molar-refractivity contribution >= 4 is 11.8 Å².